The maximum Gasteiger partial charge on any atom is 0.296 e. The molecule has 0 N–H and O–H groups in total. The van der Waals surface area contributed by atoms with Crippen molar-refractivity contribution in [1.29, 1.82) is 0 Å². The number of fused-ring (bicyclic) bond motifs is 1. The molecular weight excluding hydrogens is 445 g/mol. The molecule has 4 atom stereocenters. The molecule has 9 heteroatoms. The van der Waals surface area contributed by atoms with E-state index in [0.29, 0.717) is 28.6 Å². The van der Waals surface area contributed by atoms with Crippen molar-refractivity contribution in [2.45, 2.75) is 50.1 Å². The summed E-state index contributed by atoms with van der Waals surface area (Å²) in [6, 6.07) is 6.54. The van der Waals surface area contributed by atoms with Crippen molar-refractivity contribution >= 4 is 51.4 Å². The van der Waals surface area contributed by atoms with Crippen LogP contribution < -0.4 is 4.90 Å². The number of halogens is 2. The van der Waals surface area contributed by atoms with Crippen LogP contribution in [0.2, 0.25) is 5.02 Å². The second-order valence-electron chi connectivity index (χ2n) is 7.74. The fraction of sp³-hybridized carbons (Fsp3) is 0.429. The van der Waals surface area contributed by atoms with E-state index in [4.69, 9.17) is 27.9 Å². The van der Waals surface area contributed by atoms with Gasteiger partial charge in [0.15, 0.2) is 11.5 Å². The molecule has 1 amide bonds. The molecule has 3 aliphatic rings. The second-order valence-corrected chi connectivity index (χ2v) is 9.84. The fourth-order valence-electron chi connectivity index (χ4n) is 4.46. The first kappa shape index (κ1) is 20.0. The standard InChI is InChI=1S/C21H19Cl2N3O3S/c1-2-15-24-25-21(30-15)26-17(10-3-5-11(22)6-4-10)16-18(27)13-9-12(23)7-8-14(13)29-19(16)20(26)28/h3-6,12-14,17H,2,7-9H2,1H3. The van der Waals surface area contributed by atoms with Crippen LogP contribution in [0, 0.1) is 5.92 Å². The number of aryl methyl sites for hydroxylation is 1. The summed E-state index contributed by atoms with van der Waals surface area (Å²) in [5.74, 6) is -0.586. The highest BCUT2D eigenvalue weighted by Gasteiger charge is 2.53. The van der Waals surface area contributed by atoms with Gasteiger partial charge >= 0.3 is 0 Å². The Morgan fingerprint density at radius 1 is 1.20 bits per heavy atom. The number of hydrogen-bond donors (Lipinski definition) is 0. The molecule has 156 valence electrons. The quantitative estimate of drug-likeness (QED) is 0.627. The van der Waals surface area contributed by atoms with Crippen LogP contribution >= 0.6 is 34.5 Å². The zero-order chi connectivity index (χ0) is 21.0. The van der Waals surface area contributed by atoms with Gasteiger partial charge in [-0.1, -0.05) is 42.0 Å². The van der Waals surface area contributed by atoms with Crippen LogP contribution in [-0.4, -0.2) is 33.4 Å². The predicted octanol–water partition coefficient (Wildman–Crippen LogP) is 4.47. The normalized spacial score (nSPS) is 28.4. The Morgan fingerprint density at radius 3 is 2.67 bits per heavy atom. The summed E-state index contributed by atoms with van der Waals surface area (Å²) in [6.45, 7) is 1.98. The van der Waals surface area contributed by atoms with Crippen molar-refractivity contribution in [3.05, 3.63) is 51.2 Å². The van der Waals surface area contributed by atoms with Gasteiger partial charge in [0.2, 0.25) is 5.13 Å². The minimum Gasteiger partial charge on any atom is -0.483 e. The van der Waals surface area contributed by atoms with E-state index < -0.39 is 6.04 Å². The largest absolute Gasteiger partial charge is 0.483 e. The molecule has 0 radical (unpaired) electrons. The Bertz CT molecular complexity index is 1050. The highest BCUT2D eigenvalue weighted by atomic mass is 35.5. The molecule has 1 aliphatic carbocycles. The smallest absolute Gasteiger partial charge is 0.296 e. The lowest BCUT2D eigenvalue weighted by Gasteiger charge is -2.37. The maximum atomic E-state index is 13.6. The van der Waals surface area contributed by atoms with Gasteiger partial charge in [-0.2, -0.15) is 0 Å². The zero-order valence-corrected chi connectivity index (χ0v) is 18.5. The summed E-state index contributed by atoms with van der Waals surface area (Å²) in [5, 5.41) is 10.2. The van der Waals surface area contributed by atoms with Crippen LogP contribution in [-0.2, 0) is 20.7 Å². The lowest BCUT2D eigenvalue weighted by Crippen LogP contribution is -2.41. The molecule has 4 unspecified atom stereocenters. The Hall–Kier alpha value is -1.96. The van der Waals surface area contributed by atoms with Gasteiger partial charge in [-0.3, -0.25) is 14.5 Å². The van der Waals surface area contributed by atoms with Crippen molar-refractivity contribution in [2.75, 3.05) is 4.90 Å². The third kappa shape index (κ3) is 3.15. The number of ether oxygens (including phenoxy) is 1. The lowest BCUT2D eigenvalue weighted by atomic mass is 9.77. The van der Waals surface area contributed by atoms with Gasteiger partial charge < -0.3 is 4.74 Å². The molecule has 6 nitrogen and oxygen atoms in total. The van der Waals surface area contributed by atoms with Crippen LogP contribution in [0.1, 0.15) is 42.8 Å². The highest BCUT2D eigenvalue weighted by molar-refractivity contribution is 7.15. The molecule has 0 saturated heterocycles. The number of benzene rings is 1. The van der Waals surface area contributed by atoms with E-state index in [9.17, 15) is 9.59 Å². The number of amides is 1. The molecule has 1 saturated carbocycles. The van der Waals surface area contributed by atoms with Crippen LogP contribution in [0.25, 0.3) is 0 Å². The van der Waals surface area contributed by atoms with Crippen LogP contribution in [0.4, 0.5) is 5.13 Å². The molecule has 3 heterocycles. The van der Waals surface area contributed by atoms with E-state index in [2.05, 4.69) is 10.2 Å². The number of alkyl halides is 1. The van der Waals surface area contributed by atoms with Gasteiger partial charge in [0.1, 0.15) is 11.1 Å². The van der Waals surface area contributed by atoms with E-state index in [1.54, 1.807) is 12.1 Å². The van der Waals surface area contributed by atoms with E-state index in [1.807, 2.05) is 19.1 Å². The van der Waals surface area contributed by atoms with Crippen molar-refractivity contribution in [3.8, 4) is 0 Å². The van der Waals surface area contributed by atoms with Crippen molar-refractivity contribution < 1.29 is 14.3 Å². The minimum atomic E-state index is -0.619. The van der Waals surface area contributed by atoms with Crippen LogP contribution in [0.5, 0.6) is 0 Å². The Kier molecular flexibility index (Phi) is 5.08. The number of carbonyl (C=O) groups excluding carboxylic acids is 2. The number of anilines is 1. The number of nitrogens with zero attached hydrogens (tertiary/aromatic N) is 3. The predicted molar refractivity (Wildman–Crippen MR) is 115 cm³/mol. The summed E-state index contributed by atoms with van der Waals surface area (Å²) >= 11 is 13.8. The molecule has 1 aromatic carbocycles. The average Bonchev–Trinajstić information content (AvgIpc) is 3.32. The number of Topliss-reactive ketones (excluding diaryl/α,β-unsaturated/α-hetero) is 1. The number of rotatable bonds is 3. The lowest BCUT2D eigenvalue weighted by molar-refractivity contribution is -0.131. The van der Waals surface area contributed by atoms with Crippen molar-refractivity contribution in [1.82, 2.24) is 10.2 Å². The first-order chi connectivity index (χ1) is 14.5. The number of carbonyl (C=O) groups is 2. The molecule has 2 aliphatic heterocycles. The van der Waals surface area contributed by atoms with Gasteiger partial charge in [-0.15, -0.1) is 21.8 Å². The SMILES string of the molecule is CCc1nnc(N2C(=O)C3=C(C(=O)C4CC(Cl)CCC4O3)C2c2ccc(Cl)cc2)s1. The molecule has 30 heavy (non-hydrogen) atoms. The number of hydrogen-bond acceptors (Lipinski definition) is 6. The Balaban J connectivity index is 1.63. The van der Waals surface area contributed by atoms with E-state index in [-0.39, 0.29) is 34.8 Å². The maximum absolute atomic E-state index is 13.6. The van der Waals surface area contributed by atoms with Gasteiger partial charge in [-0.05, 0) is 43.4 Å². The number of ketones is 1. The summed E-state index contributed by atoms with van der Waals surface area (Å²) in [6.07, 6.45) is 2.41. The molecule has 1 aromatic heterocycles. The third-order valence-corrected chi connectivity index (χ3v) is 7.65. The fourth-order valence-corrected chi connectivity index (χ4v) is 5.71. The first-order valence-corrected chi connectivity index (χ1v) is 11.6. The Labute approximate surface area is 187 Å². The summed E-state index contributed by atoms with van der Waals surface area (Å²) in [7, 11) is 0. The molecule has 5 rings (SSSR count). The summed E-state index contributed by atoms with van der Waals surface area (Å²) in [5.41, 5.74) is 1.17. The summed E-state index contributed by atoms with van der Waals surface area (Å²) in [4.78, 5) is 28.6. The second kappa shape index (κ2) is 7.62. The van der Waals surface area contributed by atoms with Crippen molar-refractivity contribution in [3.63, 3.8) is 0 Å². The van der Waals surface area contributed by atoms with Gasteiger partial charge in [-0.25, -0.2) is 0 Å². The van der Waals surface area contributed by atoms with E-state index >= 15 is 0 Å². The molecule has 0 bridgehead atoms. The third-order valence-electron chi connectivity index (χ3n) is 5.93. The number of aromatic nitrogens is 2. The molecule has 1 fully saturated rings. The zero-order valence-electron chi connectivity index (χ0n) is 16.2. The first-order valence-electron chi connectivity index (χ1n) is 9.98. The minimum absolute atomic E-state index is 0.0531. The van der Waals surface area contributed by atoms with Crippen LogP contribution in [0.15, 0.2) is 35.6 Å². The summed E-state index contributed by atoms with van der Waals surface area (Å²) < 4.78 is 6.14. The Morgan fingerprint density at radius 2 is 1.97 bits per heavy atom. The highest BCUT2D eigenvalue weighted by Crippen LogP contribution is 2.49. The van der Waals surface area contributed by atoms with Gasteiger partial charge in [0.05, 0.1) is 17.5 Å². The van der Waals surface area contributed by atoms with E-state index in [1.165, 1.54) is 16.2 Å². The molecular formula is C21H19Cl2N3O3S. The topological polar surface area (TPSA) is 72.4 Å². The molecule has 2 aromatic rings. The van der Waals surface area contributed by atoms with Gasteiger partial charge in [0.25, 0.3) is 5.91 Å². The average molecular weight is 464 g/mol. The van der Waals surface area contributed by atoms with Gasteiger partial charge in [0, 0.05) is 10.4 Å². The van der Waals surface area contributed by atoms with Crippen molar-refractivity contribution in [2.24, 2.45) is 5.92 Å². The van der Waals surface area contributed by atoms with Crippen LogP contribution in [0.3, 0.4) is 0 Å². The van der Waals surface area contributed by atoms with E-state index in [0.717, 1.165) is 23.4 Å². The molecule has 0 spiro atoms. The monoisotopic (exact) mass is 463 g/mol.